The lowest BCUT2D eigenvalue weighted by Crippen LogP contribution is -2.39. The molecule has 4 heteroatoms. The smallest absolute Gasteiger partial charge is 0.120 e. The number of aliphatic hydroxyl groups is 1. The van der Waals surface area contributed by atoms with Crippen LogP contribution >= 0.6 is 0 Å². The molecular formula is C17H24N2O2. The van der Waals surface area contributed by atoms with Gasteiger partial charge in [0.25, 0.3) is 0 Å². The lowest BCUT2D eigenvalue weighted by molar-refractivity contribution is 0.0585. The van der Waals surface area contributed by atoms with Crippen molar-refractivity contribution in [2.45, 2.75) is 32.3 Å². The van der Waals surface area contributed by atoms with Gasteiger partial charge in [-0.2, -0.15) is 5.26 Å². The Morgan fingerprint density at radius 2 is 2.29 bits per heavy atom. The van der Waals surface area contributed by atoms with E-state index in [2.05, 4.69) is 17.9 Å². The lowest BCUT2D eigenvalue weighted by atomic mass is 9.85. The first kappa shape index (κ1) is 15.8. The molecule has 1 atom stereocenters. The van der Waals surface area contributed by atoms with E-state index in [1.807, 2.05) is 0 Å². The van der Waals surface area contributed by atoms with Crippen molar-refractivity contribution < 1.29 is 9.84 Å². The van der Waals surface area contributed by atoms with Crippen LogP contribution in [0, 0.1) is 17.2 Å². The van der Waals surface area contributed by atoms with Gasteiger partial charge in [-0.1, -0.05) is 19.4 Å². The second-order valence-electron chi connectivity index (χ2n) is 5.75. The fourth-order valence-corrected chi connectivity index (χ4v) is 2.57. The molecule has 0 aliphatic heterocycles. The molecule has 0 saturated heterocycles. The third-order valence-electron chi connectivity index (χ3n) is 4.06. The minimum atomic E-state index is -0.504. The van der Waals surface area contributed by atoms with Crippen molar-refractivity contribution in [1.82, 2.24) is 4.90 Å². The molecule has 1 aromatic carbocycles. The highest BCUT2D eigenvalue weighted by Gasteiger charge is 2.21. The summed E-state index contributed by atoms with van der Waals surface area (Å²) in [6.45, 7) is 5.07. The molecule has 1 aliphatic carbocycles. The van der Waals surface area contributed by atoms with Crippen LogP contribution in [0.4, 0.5) is 0 Å². The quantitative estimate of drug-likeness (QED) is 0.798. The van der Waals surface area contributed by atoms with Gasteiger partial charge in [0.1, 0.15) is 18.5 Å². The molecule has 0 spiro atoms. The Kier molecular flexibility index (Phi) is 6.04. The standard InChI is InChI=1S/C17H24N2O2/c1-2-19(11-14-5-3-6-14)12-16(20)13-21-17-8-4-7-15(9-17)10-18/h4,7-9,14,16,20H,2-3,5-6,11-13H2,1H3. The molecule has 1 saturated carbocycles. The zero-order valence-electron chi connectivity index (χ0n) is 12.7. The monoisotopic (exact) mass is 288 g/mol. The van der Waals surface area contributed by atoms with E-state index >= 15 is 0 Å². The Balaban J connectivity index is 1.74. The first-order valence-electron chi connectivity index (χ1n) is 7.74. The second kappa shape index (κ2) is 8.02. The summed E-state index contributed by atoms with van der Waals surface area (Å²) in [4.78, 5) is 2.30. The van der Waals surface area contributed by atoms with Crippen molar-refractivity contribution in [3.05, 3.63) is 29.8 Å². The Labute approximate surface area is 127 Å². The maximum absolute atomic E-state index is 10.1. The van der Waals surface area contributed by atoms with E-state index in [-0.39, 0.29) is 6.61 Å². The first-order chi connectivity index (χ1) is 10.2. The predicted octanol–water partition coefficient (Wildman–Crippen LogP) is 2.42. The Morgan fingerprint density at radius 1 is 1.48 bits per heavy atom. The molecule has 114 valence electrons. The van der Waals surface area contributed by atoms with Gasteiger partial charge >= 0.3 is 0 Å². The van der Waals surface area contributed by atoms with Crippen LogP contribution in [0.5, 0.6) is 5.75 Å². The maximum atomic E-state index is 10.1. The Morgan fingerprint density at radius 3 is 2.90 bits per heavy atom. The van der Waals surface area contributed by atoms with E-state index in [1.165, 1.54) is 19.3 Å². The third-order valence-corrected chi connectivity index (χ3v) is 4.06. The predicted molar refractivity (Wildman–Crippen MR) is 82.1 cm³/mol. The van der Waals surface area contributed by atoms with Crippen LogP contribution in [0.3, 0.4) is 0 Å². The van der Waals surface area contributed by atoms with Gasteiger partial charge in [0.15, 0.2) is 0 Å². The molecule has 0 amide bonds. The minimum Gasteiger partial charge on any atom is -0.491 e. The summed E-state index contributed by atoms with van der Waals surface area (Å²) in [7, 11) is 0. The second-order valence-corrected chi connectivity index (χ2v) is 5.75. The molecule has 0 radical (unpaired) electrons. The number of likely N-dealkylation sites (N-methyl/N-ethyl adjacent to an activating group) is 1. The van der Waals surface area contributed by atoms with E-state index in [0.29, 0.717) is 17.9 Å². The highest BCUT2D eigenvalue weighted by atomic mass is 16.5. The molecule has 1 aliphatic rings. The van der Waals surface area contributed by atoms with Crippen LogP contribution in [0.1, 0.15) is 31.7 Å². The van der Waals surface area contributed by atoms with Crippen LogP contribution in [0.15, 0.2) is 24.3 Å². The zero-order chi connectivity index (χ0) is 15.1. The molecule has 1 N–H and O–H groups in total. The fraction of sp³-hybridized carbons (Fsp3) is 0.588. The molecular weight excluding hydrogens is 264 g/mol. The van der Waals surface area contributed by atoms with Crippen molar-refractivity contribution >= 4 is 0 Å². The van der Waals surface area contributed by atoms with Crippen LogP contribution in [0.2, 0.25) is 0 Å². The minimum absolute atomic E-state index is 0.260. The van der Waals surface area contributed by atoms with Crippen LogP contribution in [-0.4, -0.2) is 42.4 Å². The van der Waals surface area contributed by atoms with E-state index in [0.717, 1.165) is 19.0 Å². The molecule has 1 aromatic rings. The number of hydrogen-bond acceptors (Lipinski definition) is 4. The van der Waals surface area contributed by atoms with E-state index in [9.17, 15) is 5.11 Å². The SMILES string of the molecule is CCN(CC(O)COc1cccc(C#N)c1)CC1CCC1. The Bertz CT molecular complexity index is 480. The molecule has 21 heavy (non-hydrogen) atoms. The maximum Gasteiger partial charge on any atom is 0.120 e. The van der Waals surface area contributed by atoms with Crippen LogP contribution < -0.4 is 4.74 Å². The third kappa shape index (κ3) is 5.04. The van der Waals surface area contributed by atoms with Gasteiger partial charge in [0, 0.05) is 13.1 Å². The summed E-state index contributed by atoms with van der Waals surface area (Å²) in [6.07, 6.45) is 3.49. The average Bonchev–Trinajstić information content (AvgIpc) is 2.47. The summed E-state index contributed by atoms with van der Waals surface area (Å²) in [5.41, 5.74) is 0.571. The molecule has 1 unspecified atom stereocenters. The molecule has 0 heterocycles. The average molecular weight is 288 g/mol. The molecule has 0 bridgehead atoms. The number of hydrogen-bond donors (Lipinski definition) is 1. The Hall–Kier alpha value is -1.57. The lowest BCUT2D eigenvalue weighted by Gasteiger charge is -2.32. The number of ether oxygens (including phenoxy) is 1. The van der Waals surface area contributed by atoms with Gasteiger partial charge in [-0.15, -0.1) is 0 Å². The molecule has 1 fully saturated rings. The number of rotatable bonds is 8. The molecule has 4 nitrogen and oxygen atoms in total. The van der Waals surface area contributed by atoms with E-state index in [4.69, 9.17) is 10.00 Å². The molecule has 0 aromatic heterocycles. The van der Waals surface area contributed by atoms with Crippen molar-refractivity contribution in [3.63, 3.8) is 0 Å². The molecule has 2 rings (SSSR count). The number of nitrogens with zero attached hydrogens (tertiary/aromatic N) is 2. The van der Waals surface area contributed by atoms with Gasteiger partial charge in [-0.05, 0) is 43.5 Å². The zero-order valence-corrected chi connectivity index (χ0v) is 12.7. The van der Waals surface area contributed by atoms with Crippen molar-refractivity contribution in [3.8, 4) is 11.8 Å². The van der Waals surface area contributed by atoms with Gasteiger partial charge in [0.05, 0.1) is 11.6 Å². The number of aliphatic hydroxyl groups excluding tert-OH is 1. The van der Waals surface area contributed by atoms with Crippen molar-refractivity contribution in [2.24, 2.45) is 5.92 Å². The highest BCUT2D eigenvalue weighted by molar-refractivity contribution is 5.36. The largest absolute Gasteiger partial charge is 0.491 e. The van der Waals surface area contributed by atoms with Gasteiger partial charge in [-0.3, -0.25) is 0 Å². The van der Waals surface area contributed by atoms with Crippen LogP contribution in [0.25, 0.3) is 0 Å². The topological polar surface area (TPSA) is 56.5 Å². The van der Waals surface area contributed by atoms with E-state index in [1.54, 1.807) is 24.3 Å². The first-order valence-corrected chi connectivity index (χ1v) is 7.74. The number of benzene rings is 1. The van der Waals surface area contributed by atoms with Crippen molar-refractivity contribution in [1.29, 1.82) is 5.26 Å². The van der Waals surface area contributed by atoms with Crippen molar-refractivity contribution in [2.75, 3.05) is 26.2 Å². The summed E-state index contributed by atoms with van der Waals surface area (Å²) in [5.74, 6) is 1.44. The summed E-state index contributed by atoms with van der Waals surface area (Å²) in [5, 5.41) is 19.0. The van der Waals surface area contributed by atoms with Gasteiger partial charge in [0.2, 0.25) is 0 Å². The normalized spacial score (nSPS) is 16.3. The number of nitriles is 1. The summed E-state index contributed by atoms with van der Waals surface area (Å²) < 4.78 is 5.57. The highest BCUT2D eigenvalue weighted by Crippen LogP contribution is 2.27. The van der Waals surface area contributed by atoms with Crippen LogP contribution in [-0.2, 0) is 0 Å². The summed E-state index contributed by atoms with van der Waals surface area (Å²) in [6, 6.07) is 9.10. The van der Waals surface area contributed by atoms with Gasteiger partial charge < -0.3 is 14.7 Å². The van der Waals surface area contributed by atoms with E-state index < -0.39 is 6.10 Å². The fourth-order valence-electron chi connectivity index (χ4n) is 2.57. The summed E-state index contributed by atoms with van der Waals surface area (Å²) >= 11 is 0. The van der Waals surface area contributed by atoms with Gasteiger partial charge in [-0.25, -0.2) is 0 Å².